The lowest BCUT2D eigenvalue weighted by Gasteiger charge is -2.15. The molecular formula is C23H26N4O. The van der Waals surface area contributed by atoms with Gasteiger partial charge in [0.25, 0.3) is 0 Å². The molecule has 0 bridgehead atoms. The molecule has 4 rings (SSSR count). The summed E-state index contributed by atoms with van der Waals surface area (Å²) in [5, 5.41) is 6.83. The summed E-state index contributed by atoms with van der Waals surface area (Å²) < 4.78 is 5.71. The molecule has 144 valence electrons. The summed E-state index contributed by atoms with van der Waals surface area (Å²) in [7, 11) is 0. The number of aryl methyl sites for hydroxylation is 1. The predicted octanol–water partition coefficient (Wildman–Crippen LogP) is 5.09. The largest absolute Gasteiger partial charge is 0.376 e. The van der Waals surface area contributed by atoms with Crippen LogP contribution in [0.5, 0.6) is 0 Å². The van der Waals surface area contributed by atoms with Crippen molar-refractivity contribution in [2.24, 2.45) is 0 Å². The van der Waals surface area contributed by atoms with Crippen LogP contribution in [0.3, 0.4) is 0 Å². The van der Waals surface area contributed by atoms with Gasteiger partial charge in [-0.15, -0.1) is 0 Å². The average molecular weight is 374 g/mol. The van der Waals surface area contributed by atoms with Crippen LogP contribution in [0.2, 0.25) is 0 Å². The third-order valence-corrected chi connectivity index (χ3v) is 5.17. The van der Waals surface area contributed by atoms with Gasteiger partial charge in [0.05, 0.1) is 11.8 Å². The van der Waals surface area contributed by atoms with E-state index in [1.807, 2.05) is 24.3 Å². The van der Waals surface area contributed by atoms with E-state index in [9.17, 15) is 0 Å². The number of anilines is 3. The molecule has 0 aliphatic carbocycles. The second kappa shape index (κ2) is 8.40. The first-order valence-corrected chi connectivity index (χ1v) is 9.82. The van der Waals surface area contributed by atoms with Crippen LogP contribution in [0.4, 0.5) is 17.5 Å². The highest BCUT2D eigenvalue weighted by atomic mass is 16.5. The summed E-state index contributed by atoms with van der Waals surface area (Å²) in [5.74, 6) is 1.39. The molecule has 0 spiro atoms. The van der Waals surface area contributed by atoms with Gasteiger partial charge in [-0.3, -0.25) is 0 Å². The van der Waals surface area contributed by atoms with E-state index in [2.05, 4.69) is 54.8 Å². The molecule has 2 N–H and O–H groups in total. The molecular weight excluding hydrogens is 348 g/mol. The number of hydrogen-bond acceptors (Lipinski definition) is 5. The first-order chi connectivity index (χ1) is 13.7. The zero-order valence-corrected chi connectivity index (χ0v) is 16.4. The van der Waals surface area contributed by atoms with E-state index in [0.29, 0.717) is 5.95 Å². The van der Waals surface area contributed by atoms with Crippen molar-refractivity contribution in [3.05, 3.63) is 65.7 Å². The second-order valence-electron chi connectivity index (χ2n) is 7.22. The maximum atomic E-state index is 5.71. The first-order valence-electron chi connectivity index (χ1n) is 9.82. The Kier molecular flexibility index (Phi) is 5.53. The summed E-state index contributed by atoms with van der Waals surface area (Å²) in [4.78, 5) is 9.43. The molecule has 1 atom stereocenters. The molecule has 5 heteroatoms. The number of hydrogen-bond donors (Lipinski definition) is 2. The van der Waals surface area contributed by atoms with Crippen molar-refractivity contribution < 1.29 is 4.74 Å². The number of nitrogens with one attached hydrogen (secondary N) is 2. The molecule has 1 fully saturated rings. The molecule has 0 saturated carbocycles. The van der Waals surface area contributed by atoms with Crippen molar-refractivity contribution in [2.75, 3.05) is 23.8 Å². The van der Waals surface area contributed by atoms with Gasteiger partial charge in [0.1, 0.15) is 5.82 Å². The summed E-state index contributed by atoms with van der Waals surface area (Å²) in [6.45, 7) is 5.80. The van der Waals surface area contributed by atoms with Gasteiger partial charge in [-0.1, -0.05) is 42.5 Å². The fourth-order valence-electron chi connectivity index (χ4n) is 3.38. The van der Waals surface area contributed by atoms with Crippen molar-refractivity contribution in [1.29, 1.82) is 0 Å². The Morgan fingerprint density at radius 3 is 2.68 bits per heavy atom. The van der Waals surface area contributed by atoms with Crippen molar-refractivity contribution in [3.8, 4) is 11.3 Å². The van der Waals surface area contributed by atoms with Gasteiger partial charge < -0.3 is 15.4 Å². The van der Waals surface area contributed by atoms with Crippen LogP contribution in [-0.2, 0) is 4.74 Å². The monoisotopic (exact) mass is 374 g/mol. The Labute approximate surface area is 166 Å². The molecule has 0 amide bonds. The minimum absolute atomic E-state index is 0.236. The number of aromatic nitrogens is 2. The average Bonchev–Trinajstić information content (AvgIpc) is 3.24. The van der Waals surface area contributed by atoms with Gasteiger partial charge in [0.15, 0.2) is 0 Å². The summed E-state index contributed by atoms with van der Waals surface area (Å²) in [6.07, 6.45) is 2.44. The fraction of sp³-hybridized carbons (Fsp3) is 0.304. The predicted molar refractivity (Wildman–Crippen MR) is 114 cm³/mol. The Morgan fingerprint density at radius 1 is 1.04 bits per heavy atom. The van der Waals surface area contributed by atoms with E-state index in [-0.39, 0.29) is 6.10 Å². The van der Waals surface area contributed by atoms with E-state index in [4.69, 9.17) is 14.7 Å². The van der Waals surface area contributed by atoms with Gasteiger partial charge in [-0.25, -0.2) is 4.98 Å². The van der Waals surface area contributed by atoms with Crippen LogP contribution in [0, 0.1) is 13.8 Å². The molecule has 1 aliphatic rings. The fourth-order valence-corrected chi connectivity index (χ4v) is 3.38. The molecule has 1 aromatic heterocycles. The molecule has 1 saturated heterocycles. The highest BCUT2D eigenvalue weighted by molar-refractivity contribution is 5.69. The zero-order chi connectivity index (χ0) is 19.3. The van der Waals surface area contributed by atoms with Crippen molar-refractivity contribution in [2.45, 2.75) is 32.8 Å². The Balaban J connectivity index is 1.63. The molecule has 0 radical (unpaired) electrons. The number of benzene rings is 2. The quantitative estimate of drug-likeness (QED) is 0.629. The molecule has 1 aliphatic heterocycles. The lowest BCUT2D eigenvalue weighted by molar-refractivity contribution is 0.120. The van der Waals surface area contributed by atoms with E-state index >= 15 is 0 Å². The van der Waals surface area contributed by atoms with Crippen LogP contribution in [0.15, 0.2) is 54.6 Å². The maximum absolute atomic E-state index is 5.71. The van der Waals surface area contributed by atoms with Crippen molar-refractivity contribution in [1.82, 2.24) is 9.97 Å². The normalized spacial score (nSPS) is 16.1. The van der Waals surface area contributed by atoms with Crippen molar-refractivity contribution >= 4 is 17.5 Å². The van der Waals surface area contributed by atoms with Crippen molar-refractivity contribution in [3.63, 3.8) is 0 Å². The standard InChI is InChI=1S/C23H26N4O/c1-16-8-6-12-20(17(16)2)25-22-14-21(18-9-4-3-5-10-18)26-23(27-22)24-15-19-11-7-13-28-19/h3-6,8-10,12,14,19H,7,11,13,15H2,1-2H3,(H2,24,25,26,27). The highest BCUT2D eigenvalue weighted by Gasteiger charge is 2.16. The van der Waals surface area contributed by atoms with Gasteiger partial charge in [-0.2, -0.15) is 4.98 Å². The number of nitrogens with zero attached hydrogens (tertiary/aromatic N) is 2. The summed E-state index contributed by atoms with van der Waals surface area (Å²) in [6, 6.07) is 18.4. The molecule has 2 aromatic carbocycles. The van der Waals surface area contributed by atoms with E-state index in [1.54, 1.807) is 0 Å². The Hall–Kier alpha value is -2.92. The maximum Gasteiger partial charge on any atom is 0.225 e. The van der Waals surface area contributed by atoms with Crippen LogP contribution in [0.1, 0.15) is 24.0 Å². The first kappa shape index (κ1) is 18.4. The minimum Gasteiger partial charge on any atom is -0.376 e. The Bertz CT molecular complexity index is 937. The summed E-state index contributed by atoms with van der Waals surface area (Å²) in [5.41, 5.74) is 5.48. The Morgan fingerprint density at radius 2 is 1.89 bits per heavy atom. The topological polar surface area (TPSA) is 59.1 Å². The number of ether oxygens (including phenoxy) is 1. The molecule has 1 unspecified atom stereocenters. The van der Waals surface area contributed by atoms with Gasteiger partial charge >= 0.3 is 0 Å². The van der Waals surface area contributed by atoms with Crippen LogP contribution >= 0.6 is 0 Å². The molecule has 3 aromatic rings. The SMILES string of the molecule is Cc1cccc(Nc2cc(-c3ccccc3)nc(NCC3CCCO3)n2)c1C. The van der Waals surface area contributed by atoms with Gasteiger partial charge in [-0.05, 0) is 43.9 Å². The lowest BCUT2D eigenvalue weighted by Crippen LogP contribution is -2.20. The van der Waals surface area contributed by atoms with Gasteiger partial charge in [0.2, 0.25) is 5.95 Å². The van der Waals surface area contributed by atoms with E-state index in [0.717, 1.165) is 48.8 Å². The molecule has 2 heterocycles. The molecule has 28 heavy (non-hydrogen) atoms. The lowest BCUT2D eigenvalue weighted by atomic mass is 10.1. The second-order valence-corrected chi connectivity index (χ2v) is 7.22. The zero-order valence-electron chi connectivity index (χ0n) is 16.4. The minimum atomic E-state index is 0.236. The van der Waals surface area contributed by atoms with Crippen LogP contribution < -0.4 is 10.6 Å². The van der Waals surface area contributed by atoms with Crippen LogP contribution in [0.25, 0.3) is 11.3 Å². The highest BCUT2D eigenvalue weighted by Crippen LogP contribution is 2.26. The molecule has 5 nitrogen and oxygen atoms in total. The third-order valence-electron chi connectivity index (χ3n) is 5.17. The van der Waals surface area contributed by atoms with Gasteiger partial charge in [0, 0.05) is 30.5 Å². The van der Waals surface area contributed by atoms with E-state index in [1.165, 1.54) is 11.1 Å². The smallest absolute Gasteiger partial charge is 0.225 e. The third kappa shape index (κ3) is 4.31. The van der Waals surface area contributed by atoms with E-state index < -0.39 is 0 Å². The number of rotatable bonds is 6. The summed E-state index contributed by atoms with van der Waals surface area (Å²) >= 11 is 0. The van der Waals surface area contributed by atoms with Crippen LogP contribution in [-0.4, -0.2) is 29.2 Å².